The third kappa shape index (κ3) is 3.08. The van der Waals surface area contributed by atoms with E-state index in [2.05, 4.69) is 0 Å². The highest BCUT2D eigenvalue weighted by atomic mass is 16.5. The van der Waals surface area contributed by atoms with Gasteiger partial charge in [0.05, 0.1) is 18.1 Å². The van der Waals surface area contributed by atoms with Crippen molar-refractivity contribution in [2.75, 3.05) is 0 Å². The molecule has 0 spiro atoms. The molecule has 1 aliphatic heterocycles. The molecule has 0 aliphatic carbocycles. The fourth-order valence-corrected chi connectivity index (χ4v) is 2.38. The molecule has 0 bridgehead atoms. The first-order valence-electron chi connectivity index (χ1n) is 6.32. The number of phenolic OH excluding ortho intramolecular Hbond substituents is 2. The number of phenols is 2. The Bertz CT molecular complexity index is 549. The summed E-state index contributed by atoms with van der Waals surface area (Å²) in [5.74, 6) is -1.51. The molecule has 1 aliphatic rings. The van der Waals surface area contributed by atoms with E-state index in [0.29, 0.717) is 0 Å². The highest BCUT2D eigenvalue weighted by molar-refractivity contribution is 6.02. The van der Waals surface area contributed by atoms with Crippen molar-refractivity contribution in [3.05, 3.63) is 23.3 Å². The SMILES string of the molecule is CC(O)CC1CC(=O)c2c(O)cc(O)cc2CC(=O)O1. The Kier molecular flexibility index (Phi) is 3.94. The molecule has 2 unspecified atom stereocenters. The molecule has 1 aromatic rings. The summed E-state index contributed by atoms with van der Waals surface area (Å²) in [5, 5.41) is 28.6. The number of fused-ring (bicyclic) bond motifs is 1. The summed E-state index contributed by atoms with van der Waals surface area (Å²) >= 11 is 0. The molecule has 2 atom stereocenters. The number of ether oxygens (including phenoxy) is 1. The molecule has 0 amide bonds. The minimum absolute atomic E-state index is 0.0371. The van der Waals surface area contributed by atoms with Crippen molar-refractivity contribution in [2.24, 2.45) is 0 Å². The van der Waals surface area contributed by atoms with Crippen LogP contribution in [0.15, 0.2) is 12.1 Å². The Morgan fingerprint density at radius 2 is 2.05 bits per heavy atom. The first-order valence-corrected chi connectivity index (χ1v) is 6.32. The first kappa shape index (κ1) is 14.3. The van der Waals surface area contributed by atoms with Gasteiger partial charge in [-0.15, -0.1) is 0 Å². The Balaban J connectivity index is 2.38. The Morgan fingerprint density at radius 3 is 2.70 bits per heavy atom. The molecule has 3 N–H and O–H groups in total. The minimum Gasteiger partial charge on any atom is -0.508 e. The lowest BCUT2D eigenvalue weighted by molar-refractivity contribution is -0.149. The summed E-state index contributed by atoms with van der Waals surface area (Å²) in [6.07, 6.45) is -1.57. The number of carbonyl (C=O) groups excluding carboxylic acids is 2. The number of rotatable bonds is 2. The van der Waals surface area contributed by atoms with Gasteiger partial charge in [-0.2, -0.15) is 0 Å². The van der Waals surface area contributed by atoms with Crippen LogP contribution in [-0.4, -0.2) is 39.3 Å². The first-order chi connectivity index (χ1) is 9.36. The van der Waals surface area contributed by atoms with Crippen molar-refractivity contribution in [1.29, 1.82) is 0 Å². The molecule has 1 aromatic carbocycles. The maximum atomic E-state index is 12.2. The van der Waals surface area contributed by atoms with E-state index in [0.717, 1.165) is 6.07 Å². The van der Waals surface area contributed by atoms with Gasteiger partial charge in [0.25, 0.3) is 0 Å². The number of Topliss-reactive ketones (excluding diaryl/α,β-unsaturated/α-hetero) is 1. The lowest BCUT2D eigenvalue weighted by atomic mass is 9.93. The standard InChI is InChI=1S/C14H16O6/c1-7(15)2-10-6-12(18)14-8(4-13(19)20-10)3-9(16)5-11(14)17/h3,5,7,10,15-17H,2,4,6H2,1H3. The van der Waals surface area contributed by atoms with E-state index in [1.54, 1.807) is 6.92 Å². The minimum atomic E-state index is -0.712. The number of aliphatic hydroxyl groups excluding tert-OH is 1. The average Bonchev–Trinajstić information content (AvgIpc) is 2.24. The molecule has 1 heterocycles. The van der Waals surface area contributed by atoms with Crippen LogP contribution in [0.2, 0.25) is 0 Å². The van der Waals surface area contributed by atoms with Crippen LogP contribution in [0, 0.1) is 0 Å². The maximum Gasteiger partial charge on any atom is 0.310 e. The molecule has 0 fully saturated rings. The van der Waals surface area contributed by atoms with Gasteiger partial charge in [-0.05, 0) is 18.6 Å². The van der Waals surface area contributed by atoms with Crippen LogP contribution >= 0.6 is 0 Å². The number of hydrogen-bond donors (Lipinski definition) is 3. The highest BCUT2D eigenvalue weighted by Crippen LogP contribution is 2.31. The van der Waals surface area contributed by atoms with Crippen LogP contribution in [0.1, 0.15) is 35.7 Å². The van der Waals surface area contributed by atoms with E-state index >= 15 is 0 Å². The number of ketones is 1. The van der Waals surface area contributed by atoms with E-state index in [-0.39, 0.29) is 47.7 Å². The summed E-state index contributed by atoms with van der Waals surface area (Å²) in [4.78, 5) is 23.9. The van der Waals surface area contributed by atoms with Crippen LogP contribution < -0.4 is 0 Å². The molecule has 0 saturated heterocycles. The Hall–Kier alpha value is -2.08. The number of hydrogen-bond acceptors (Lipinski definition) is 6. The molecule has 6 nitrogen and oxygen atoms in total. The van der Waals surface area contributed by atoms with Gasteiger partial charge in [0.15, 0.2) is 5.78 Å². The fourth-order valence-electron chi connectivity index (χ4n) is 2.38. The summed E-state index contributed by atoms with van der Waals surface area (Å²) in [5.41, 5.74) is 0.281. The normalized spacial score (nSPS) is 20.6. The largest absolute Gasteiger partial charge is 0.508 e. The van der Waals surface area contributed by atoms with Crippen molar-refractivity contribution >= 4 is 11.8 Å². The van der Waals surface area contributed by atoms with E-state index < -0.39 is 18.2 Å². The monoisotopic (exact) mass is 280 g/mol. The molecule has 20 heavy (non-hydrogen) atoms. The number of aliphatic hydroxyl groups is 1. The van der Waals surface area contributed by atoms with Crippen LogP contribution in [0.3, 0.4) is 0 Å². The summed E-state index contributed by atoms with van der Waals surface area (Å²) in [6, 6.07) is 2.33. The predicted octanol–water partition coefficient (Wildman–Crippen LogP) is 0.909. The number of cyclic esters (lactones) is 1. The number of carbonyl (C=O) groups is 2. The van der Waals surface area contributed by atoms with Gasteiger partial charge in [0.2, 0.25) is 0 Å². The average molecular weight is 280 g/mol. The van der Waals surface area contributed by atoms with E-state index in [9.17, 15) is 24.9 Å². The van der Waals surface area contributed by atoms with Crippen LogP contribution in [0.4, 0.5) is 0 Å². The molecule has 0 aromatic heterocycles. The van der Waals surface area contributed by atoms with Gasteiger partial charge in [-0.1, -0.05) is 0 Å². The molecular weight excluding hydrogens is 264 g/mol. The summed E-state index contributed by atoms with van der Waals surface area (Å²) in [7, 11) is 0. The van der Waals surface area contributed by atoms with Gasteiger partial charge in [-0.3, -0.25) is 9.59 Å². The number of aromatic hydroxyl groups is 2. The lowest BCUT2D eigenvalue weighted by Gasteiger charge is -2.22. The Labute approximate surface area is 115 Å². The van der Waals surface area contributed by atoms with Crippen LogP contribution in [0.25, 0.3) is 0 Å². The Morgan fingerprint density at radius 1 is 1.35 bits per heavy atom. The van der Waals surface area contributed by atoms with Crippen molar-refractivity contribution in [2.45, 2.75) is 38.4 Å². The van der Waals surface area contributed by atoms with E-state index in [4.69, 9.17) is 4.74 Å². The summed E-state index contributed by atoms with van der Waals surface area (Å²) in [6.45, 7) is 1.54. The van der Waals surface area contributed by atoms with Crippen molar-refractivity contribution in [3.63, 3.8) is 0 Å². The maximum absolute atomic E-state index is 12.2. The van der Waals surface area contributed by atoms with Crippen LogP contribution in [0.5, 0.6) is 11.5 Å². The molecular formula is C14H16O6. The third-order valence-electron chi connectivity index (χ3n) is 3.11. The van der Waals surface area contributed by atoms with Gasteiger partial charge in [0.1, 0.15) is 17.6 Å². The predicted molar refractivity (Wildman–Crippen MR) is 68.6 cm³/mol. The van der Waals surface area contributed by atoms with Crippen molar-refractivity contribution in [3.8, 4) is 11.5 Å². The lowest BCUT2D eigenvalue weighted by Crippen LogP contribution is -2.29. The zero-order valence-electron chi connectivity index (χ0n) is 11.0. The zero-order chi connectivity index (χ0) is 14.9. The number of esters is 1. The van der Waals surface area contributed by atoms with Gasteiger partial charge < -0.3 is 20.1 Å². The second-order valence-electron chi connectivity index (χ2n) is 5.00. The fraction of sp³-hybridized carbons (Fsp3) is 0.429. The van der Waals surface area contributed by atoms with Gasteiger partial charge in [-0.25, -0.2) is 0 Å². The molecule has 2 rings (SSSR count). The zero-order valence-corrected chi connectivity index (χ0v) is 11.0. The second-order valence-corrected chi connectivity index (χ2v) is 5.00. The topological polar surface area (TPSA) is 104 Å². The van der Waals surface area contributed by atoms with Crippen molar-refractivity contribution in [1.82, 2.24) is 0 Å². The second kappa shape index (κ2) is 5.50. The summed E-state index contributed by atoms with van der Waals surface area (Å²) < 4.78 is 5.13. The molecule has 6 heteroatoms. The molecule has 0 radical (unpaired) electrons. The highest BCUT2D eigenvalue weighted by Gasteiger charge is 2.28. The smallest absolute Gasteiger partial charge is 0.310 e. The van der Waals surface area contributed by atoms with Crippen LogP contribution in [-0.2, 0) is 16.0 Å². The third-order valence-corrected chi connectivity index (χ3v) is 3.11. The van der Waals surface area contributed by atoms with E-state index in [1.165, 1.54) is 6.07 Å². The molecule has 0 saturated carbocycles. The van der Waals surface area contributed by atoms with Gasteiger partial charge >= 0.3 is 5.97 Å². The van der Waals surface area contributed by atoms with Crippen molar-refractivity contribution < 1.29 is 29.6 Å². The number of benzene rings is 1. The quantitative estimate of drug-likeness (QED) is 0.696. The van der Waals surface area contributed by atoms with Gasteiger partial charge in [0, 0.05) is 18.9 Å². The van der Waals surface area contributed by atoms with E-state index in [1.807, 2.05) is 0 Å². The molecule has 108 valence electrons.